The first kappa shape index (κ1) is 18.2. The molecule has 4 aromatic rings. The van der Waals surface area contributed by atoms with E-state index in [1.54, 1.807) is 9.70 Å². The number of para-hydroxylation sites is 1. The van der Waals surface area contributed by atoms with Crippen LogP contribution in [0.1, 0.15) is 19.2 Å². The summed E-state index contributed by atoms with van der Waals surface area (Å²) in [5.41, 5.74) is 2.09. The second-order valence-corrected chi connectivity index (χ2v) is 8.62. The molecule has 0 atom stereocenters. The monoisotopic (exact) mass is 430 g/mol. The van der Waals surface area contributed by atoms with E-state index in [1.165, 1.54) is 0 Å². The molecule has 0 bridgehead atoms. The second-order valence-electron chi connectivity index (χ2n) is 6.09. The van der Waals surface area contributed by atoms with E-state index in [0.29, 0.717) is 5.95 Å². The minimum absolute atomic E-state index is 0.676. The first-order valence-corrected chi connectivity index (χ1v) is 13.5. The molecule has 1 radical (unpaired) electrons. The van der Waals surface area contributed by atoms with Crippen LogP contribution in [0.5, 0.6) is 0 Å². The predicted octanol–water partition coefficient (Wildman–Crippen LogP) is 3.98. The second kappa shape index (κ2) is 8.20. The average Bonchev–Trinajstić information content (AvgIpc) is 3.33. The fourth-order valence-corrected chi connectivity index (χ4v) is 4.72. The minimum atomic E-state index is 0.676. The molecule has 0 fully saturated rings. The number of imidazole rings is 1. The summed E-state index contributed by atoms with van der Waals surface area (Å²) in [4.78, 5) is 9.55. The number of rotatable bonds is 6. The molecule has 0 spiro atoms. The zero-order chi connectivity index (χ0) is 18.6. The van der Waals surface area contributed by atoms with Crippen LogP contribution >= 0.6 is 9.70 Å². The molecule has 0 unspecified atom stereocenters. The van der Waals surface area contributed by atoms with Crippen LogP contribution in [-0.2, 0) is 6.42 Å². The molecule has 0 N–H and O–H groups in total. The number of benzene rings is 2. The van der Waals surface area contributed by atoms with E-state index in [1.807, 2.05) is 47.3 Å². The standard InChI is InChI=1S/C20H19N5S.Ga.H/c1-2-9-17-22-20(23-25(17)16-12-7-4-8-13-16)24-18(26)14-21-19(24)15-10-5-3-6-11-15;;/h3-8,10-14,26H,2,9H2,1H3;;/q;+1;/p-1. The van der Waals surface area contributed by atoms with Crippen molar-refractivity contribution in [1.82, 2.24) is 24.3 Å². The zero-order valence-corrected chi connectivity index (χ0v) is 18.9. The van der Waals surface area contributed by atoms with Crippen molar-refractivity contribution in [3.05, 3.63) is 72.7 Å². The number of hydrogen-bond donors (Lipinski definition) is 0. The van der Waals surface area contributed by atoms with Gasteiger partial charge in [0, 0.05) is 0 Å². The van der Waals surface area contributed by atoms with Crippen molar-refractivity contribution in [1.29, 1.82) is 0 Å². The van der Waals surface area contributed by atoms with Gasteiger partial charge in [0.2, 0.25) is 0 Å². The molecule has 2 aromatic heterocycles. The molecule has 27 heavy (non-hydrogen) atoms. The van der Waals surface area contributed by atoms with Crippen LogP contribution in [0.2, 0.25) is 0 Å². The molecule has 0 aliphatic carbocycles. The van der Waals surface area contributed by atoms with Gasteiger partial charge in [-0.2, -0.15) is 0 Å². The van der Waals surface area contributed by atoms with Gasteiger partial charge in [-0.1, -0.05) is 0 Å². The molecular formula is C20H19GaN5S. The molecule has 133 valence electrons. The van der Waals surface area contributed by atoms with E-state index in [2.05, 4.69) is 40.7 Å². The molecule has 0 saturated carbocycles. The van der Waals surface area contributed by atoms with E-state index >= 15 is 0 Å². The Balaban J connectivity index is 1.88. The molecule has 4 rings (SSSR count). The Morgan fingerprint density at radius 1 is 1.00 bits per heavy atom. The summed E-state index contributed by atoms with van der Waals surface area (Å²) in [6.45, 7) is 2.16. The van der Waals surface area contributed by atoms with Gasteiger partial charge in [0.25, 0.3) is 0 Å². The third kappa shape index (κ3) is 3.62. The Labute approximate surface area is 171 Å². The maximum atomic E-state index is 4.89. The van der Waals surface area contributed by atoms with Crippen molar-refractivity contribution in [3.63, 3.8) is 0 Å². The predicted molar refractivity (Wildman–Crippen MR) is 111 cm³/mol. The quantitative estimate of drug-likeness (QED) is 0.434. The number of aromatic nitrogens is 5. The van der Waals surface area contributed by atoms with Crippen LogP contribution in [0.25, 0.3) is 23.0 Å². The molecular weight excluding hydrogens is 412 g/mol. The van der Waals surface area contributed by atoms with Gasteiger partial charge in [0.1, 0.15) is 0 Å². The summed E-state index contributed by atoms with van der Waals surface area (Å²) >= 11 is 1.08. The third-order valence-electron chi connectivity index (χ3n) is 4.25. The molecule has 0 amide bonds. The van der Waals surface area contributed by atoms with Crippen molar-refractivity contribution >= 4 is 27.1 Å². The maximum absolute atomic E-state index is 4.89. The molecule has 2 heterocycles. The summed E-state index contributed by atoms with van der Waals surface area (Å²) in [6.07, 6.45) is 3.81. The van der Waals surface area contributed by atoms with Crippen LogP contribution in [-0.4, -0.2) is 41.7 Å². The van der Waals surface area contributed by atoms with Crippen LogP contribution in [0.15, 0.2) is 71.9 Å². The number of aryl methyl sites for hydroxylation is 1. The number of hydrogen-bond acceptors (Lipinski definition) is 4. The van der Waals surface area contributed by atoms with E-state index in [4.69, 9.17) is 10.1 Å². The van der Waals surface area contributed by atoms with Crippen molar-refractivity contribution in [2.24, 2.45) is 0 Å². The van der Waals surface area contributed by atoms with Crippen molar-refractivity contribution in [3.8, 4) is 23.0 Å². The van der Waals surface area contributed by atoms with E-state index in [0.717, 1.165) is 58.1 Å². The summed E-state index contributed by atoms with van der Waals surface area (Å²) < 4.78 is 4.02. The van der Waals surface area contributed by atoms with E-state index in [-0.39, 0.29) is 0 Å². The van der Waals surface area contributed by atoms with Crippen molar-refractivity contribution in [2.45, 2.75) is 24.8 Å². The van der Waals surface area contributed by atoms with Gasteiger partial charge in [0.15, 0.2) is 0 Å². The van der Waals surface area contributed by atoms with Gasteiger partial charge in [-0.3, -0.25) is 0 Å². The van der Waals surface area contributed by atoms with Crippen LogP contribution in [0, 0.1) is 0 Å². The summed E-state index contributed by atoms with van der Waals surface area (Å²) in [6, 6.07) is 20.4. The third-order valence-corrected chi connectivity index (χ3v) is 6.69. The van der Waals surface area contributed by atoms with Gasteiger partial charge >= 0.3 is 172 Å². The molecule has 2 aromatic carbocycles. The Morgan fingerprint density at radius 3 is 2.37 bits per heavy atom. The normalized spacial score (nSPS) is 11.0. The first-order valence-electron chi connectivity index (χ1n) is 8.88. The van der Waals surface area contributed by atoms with Gasteiger partial charge in [-0.15, -0.1) is 0 Å². The zero-order valence-electron chi connectivity index (χ0n) is 15.1. The Kier molecular flexibility index (Phi) is 5.52. The van der Waals surface area contributed by atoms with Gasteiger partial charge in [-0.05, 0) is 0 Å². The SMILES string of the molecule is CCCc1nc(-n2c([S][GaH])cnc2-c2ccccc2)nn1-c1ccccc1. The van der Waals surface area contributed by atoms with Gasteiger partial charge < -0.3 is 0 Å². The Bertz CT molecular complexity index is 1030. The van der Waals surface area contributed by atoms with Gasteiger partial charge in [-0.25, -0.2) is 0 Å². The molecule has 7 heteroatoms. The molecule has 5 nitrogen and oxygen atoms in total. The van der Waals surface area contributed by atoms with Gasteiger partial charge in [0.05, 0.1) is 0 Å². The molecule has 0 saturated heterocycles. The Morgan fingerprint density at radius 2 is 1.70 bits per heavy atom. The molecule has 0 aliphatic heterocycles. The number of nitrogens with zero attached hydrogens (tertiary/aromatic N) is 5. The van der Waals surface area contributed by atoms with Crippen molar-refractivity contribution in [2.75, 3.05) is 0 Å². The Hall–Kier alpha value is -2.22. The van der Waals surface area contributed by atoms with E-state index in [9.17, 15) is 0 Å². The van der Waals surface area contributed by atoms with Crippen molar-refractivity contribution < 1.29 is 0 Å². The summed E-state index contributed by atoms with van der Waals surface area (Å²) in [5, 5.41) is 5.94. The van der Waals surface area contributed by atoms with E-state index < -0.39 is 0 Å². The summed E-state index contributed by atoms with van der Waals surface area (Å²) in [7, 11) is 1.77. The topological polar surface area (TPSA) is 48.5 Å². The molecule has 0 aliphatic rings. The summed E-state index contributed by atoms with van der Waals surface area (Å²) in [5.74, 6) is 2.52. The fraction of sp³-hybridized carbons (Fsp3) is 0.150. The fourth-order valence-electron chi connectivity index (χ4n) is 3.01. The van der Waals surface area contributed by atoms with Crippen LogP contribution in [0.4, 0.5) is 0 Å². The first-order chi connectivity index (χ1) is 13.3. The van der Waals surface area contributed by atoms with Crippen LogP contribution < -0.4 is 0 Å². The average molecular weight is 431 g/mol. The van der Waals surface area contributed by atoms with Crippen LogP contribution in [0.3, 0.4) is 0 Å².